The third kappa shape index (κ3) is 5.23. The van der Waals surface area contributed by atoms with Crippen LogP contribution in [-0.2, 0) is 13.2 Å². The summed E-state index contributed by atoms with van der Waals surface area (Å²) in [4.78, 5) is 20.3. The van der Waals surface area contributed by atoms with E-state index in [1.807, 2.05) is 60.7 Å². The van der Waals surface area contributed by atoms with Crippen molar-refractivity contribution in [3.63, 3.8) is 0 Å². The van der Waals surface area contributed by atoms with Gasteiger partial charge in [-0.3, -0.25) is 15.1 Å². The highest BCUT2D eigenvalue weighted by Crippen LogP contribution is 2.37. The first-order valence-corrected chi connectivity index (χ1v) is 11.3. The molecule has 178 valence electrons. The van der Waals surface area contributed by atoms with E-state index < -0.39 is 4.92 Å². The van der Waals surface area contributed by atoms with Crippen LogP contribution in [0, 0.1) is 10.1 Å². The van der Waals surface area contributed by atoms with Gasteiger partial charge in [-0.05, 0) is 41.5 Å². The zero-order valence-electron chi connectivity index (χ0n) is 19.2. The Bertz CT molecular complexity index is 1490. The smallest absolute Gasteiger partial charge is 0.301 e. The van der Waals surface area contributed by atoms with E-state index >= 15 is 0 Å². The first-order valence-electron chi connectivity index (χ1n) is 11.3. The monoisotopic (exact) mass is 478 g/mol. The number of hydrogen-bond donors (Lipinski definition) is 1. The summed E-state index contributed by atoms with van der Waals surface area (Å²) in [7, 11) is 0. The quantitative estimate of drug-likeness (QED) is 0.192. The minimum absolute atomic E-state index is 0.0704. The number of nitrogens with one attached hydrogen (secondary N) is 1. The lowest BCUT2D eigenvalue weighted by Crippen LogP contribution is -2.05. The number of fused-ring (bicyclic) bond motifs is 1. The van der Waals surface area contributed by atoms with Gasteiger partial charge in [0.25, 0.3) is 0 Å². The molecule has 0 amide bonds. The molecule has 0 spiro atoms. The number of rotatable bonds is 9. The summed E-state index contributed by atoms with van der Waals surface area (Å²) in [6, 6.07) is 29.6. The van der Waals surface area contributed by atoms with Crippen molar-refractivity contribution in [3.8, 4) is 11.8 Å². The average molecular weight is 479 g/mol. The summed E-state index contributed by atoms with van der Waals surface area (Å²) < 4.78 is 11.9. The van der Waals surface area contributed by atoms with Gasteiger partial charge in [0.15, 0.2) is 0 Å². The zero-order valence-corrected chi connectivity index (χ0v) is 19.2. The molecule has 8 nitrogen and oxygen atoms in total. The molecule has 0 aliphatic carbocycles. The van der Waals surface area contributed by atoms with Crippen molar-refractivity contribution in [2.24, 2.45) is 0 Å². The van der Waals surface area contributed by atoms with Crippen LogP contribution in [0.15, 0.2) is 103 Å². The molecule has 8 heteroatoms. The van der Waals surface area contributed by atoms with E-state index in [0.717, 1.165) is 11.1 Å². The number of benzene rings is 3. The van der Waals surface area contributed by atoms with Crippen molar-refractivity contribution in [1.82, 2.24) is 9.97 Å². The molecule has 3 aromatic carbocycles. The van der Waals surface area contributed by atoms with Crippen LogP contribution in [0.1, 0.15) is 11.1 Å². The van der Waals surface area contributed by atoms with Crippen LogP contribution >= 0.6 is 0 Å². The van der Waals surface area contributed by atoms with Gasteiger partial charge in [-0.2, -0.15) is 4.98 Å². The Hall–Kier alpha value is -4.98. The lowest BCUT2D eigenvalue weighted by molar-refractivity contribution is -0.382. The van der Waals surface area contributed by atoms with E-state index in [9.17, 15) is 10.1 Å². The van der Waals surface area contributed by atoms with Gasteiger partial charge < -0.3 is 14.8 Å². The van der Waals surface area contributed by atoms with Gasteiger partial charge in [-0.15, -0.1) is 0 Å². The Kier molecular flexibility index (Phi) is 6.66. The van der Waals surface area contributed by atoms with Crippen LogP contribution < -0.4 is 14.8 Å². The predicted octanol–water partition coefficient (Wildman–Crippen LogP) is 6.44. The summed E-state index contributed by atoms with van der Waals surface area (Å²) in [6.07, 6.45) is 1.60. The minimum Gasteiger partial charge on any atom is -0.473 e. The maximum atomic E-state index is 12.0. The summed E-state index contributed by atoms with van der Waals surface area (Å²) in [6.45, 7) is 0.621. The molecule has 5 aromatic rings. The van der Waals surface area contributed by atoms with Crippen LogP contribution in [0.25, 0.3) is 10.9 Å². The van der Waals surface area contributed by atoms with Crippen molar-refractivity contribution in [3.05, 3.63) is 124 Å². The lowest BCUT2D eigenvalue weighted by atomic mass is 10.1. The number of anilines is 2. The van der Waals surface area contributed by atoms with Crippen LogP contribution in [-0.4, -0.2) is 14.9 Å². The topological polar surface area (TPSA) is 99.4 Å². The number of nitro groups is 1. The highest BCUT2D eigenvalue weighted by molar-refractivity contribution is 5.95. The van der Waals surface area contributed by atoms with E-state index in [1.165, 1.54) is 0 Å². The van der Waals surface area contributed by atoms with E-state index in [2.05, 4.69) is 15.3 Å². The Balaban J connectivity index is 1.46. The molecule has 0 radical (unpaired) electrons. The summed E-state index contributed by atoms with van der Waals surface area (Å²) in [5, 5.41) is 15.5. The van der Waals surface area contributed by atoms with Crippen LogP contribution in [0.5, 0.6) is 11.8 Å². The molecule has 0 unspecified atom stereocenters. The third-order valence-electron chi connectivity index (χ3n) is 5.49. The first-order chi connectivity index (χ1) is 17.7. The summed E-state index contributed by atoms with van der Waals surface area (Å²) >= 11 is 0. The van der Waals surface area contributed by atoms with Crippen molar-refractivity contribution in [2.45, 2.75) is 13.2 Å². The second-order valence-corrected chi connectivity index (χ2v) is 7.96. The average Bonchev–Trinajstić information content (AvgIpc) is 2.92. The van der Waals surface area contributed by atoms with Crippen molar-refractivity contribution in [1.29, 1.82) is 0 Å². The number of nitro benzene ring substituents is 1. The highest BCUT2D eigenvalue weighted by atomic mass is 16.6. The number of aromatic nitrogens is 2. The van der Waals surface area contributed by atoms with Crippen molar-refractivity contribution < 1.29 is 14.4 Å². The Morgan fingerprint density at radius 1 is 0.750 bits per heavy atom. The van der Waals surface area contributed by atoms with Crippen LogP contribution in [0.4, 0.5) is 17.1 Å². The van der Waals surface area contributed by atoms with Gasteiger partial charge in [-0.25, -0.2) is 0 Å². The van der Waals surface area contributed by atoms with Crippen LogP contribution in [0.3, 0.4) is 0 Å². The Morgan fingerprint density at radius 3 is 2.11 bits per heavy atom. The molecule has 2 heterocycles. The zero-order chi connectivity index (χ0) is 24.7. The fraction of sp³-hybridized carbons (Fsp3) is 0.0714. The molecule has 2 aromatic heterocycles. The van der Waals surface area contributed by atoms with E-state index in [0.29, 0.717) is 34.8 Å². The number of pyridine rings is 2. The van der Waals surface area contributed by atoms with Gasteiger partial charge in [0.2, 0.25) is 11.8 Å². The van der Waals surface area contributed by atoms with Gasteiger partial charge in [-0.1, -0.05) is 60.7 Å². The molecule has 0 aliphatic rings. The SMILES string of the molecule is O=[N+]([O-])c1c(Nc2ccc(OCc3ccccc3)nc2OCc2ccccc2)ccc2ncccc12. The summed E-state index contributed by atoms with van der Waals surface area (Å²) in [5.74, 6) is 0.648. The molecule has 0 fully saturated rings. The second kappa shape index (κ2) is 10.5. The van der Waals surface area contributed by atoms with Gasteiger partial charge >= 0.3 is 5.69 Å². The molecule has 0 atom stereocenters. The summed E-state index contributed by atoms with van der Waals surface area (Å²) in [5.41, 5.74) is 3.23. The van der Waals surface area contributed by atoms with Crippen molar-refractivity contribution >= 4 is 28.0 Å². The fourth-order valence-electron chi connectivity index (χ4n) is 3.75. The largest absolute Gasteiger partial charge is 0.473 e. The Labute approximate surface area is 207 Å². The Morgan fingerprint density at radius 2 is 1.42 bits per heavy atom. The molecule has 0 saturated carbocycles. The van der Waals surface area contributed by atoms with E-state index in [1.54, 1.807) is 42.6 Å². The molecule has 0 bridgehead atoms. The molecule has 36 heavy (non-hydrogen) atoms. The number of hydrogen-bond acceptors (Lipinski definition) is 7. The normalized spacial score (nSPS) is 10.7. The standard InChI is InChI=1S/C28H22N4O4/c33-32(34)27-22-12-7-17-29-23(22)13-14-24(27)30-25-15-16-26(35-18-20-8-3-1-4-9-20)31-28(25)36-19-21-10-5-2-6-11-21/h1-17,30H,18-19H2. The molecule has 0 saturated heterocycles. The van der Waals surface area contributed by atoms with Crippen LogP contribution in [0.2, 0.25) is 0 Å². The van der Waals surface area contributed by atoms with Crippen molar-refractivity contribution in [2.75, 3.05) is 5.32 Å². The predicted molar refractivity (Wildman–Crippen MR) is 137 cm³/mol. The third-order valence-corrected chi connectivity index (χ3v) is 5.49. The molecule has 5 rings (SSSR count). The number of ether oxygens (including phenoxy) is 2. The molecular weight excluding hydrogens is 456 g/mol. The lowest BCUT2D eigenvalue weighted by Gasteiger charge is -2.15. The number of nitrogens with zero attached hydrogens (tertiary/aromatic N) is 3. The van der Waals surface area contributed by atoms with Gasteiger partial charge in [0, 0.05) is 12.3 Å². The fourth-order valence-corrected chi connectivity index (χ4v) is 3.75. The first kappa shape index (κ1) is 22.8. The van der Waals surface area contributed by atoms with E-state index in [-0.39, 0.29) is 18.2 Å². The maximum absolute atomic E-state index is 12.0. The minimum atomic E-state index is -0.415. The van der Waals surface area contributed by atoms with E-state index in [4.69, 9.17) is 9.47 Å². The second-order valence-electron chi connectivity index (χ2n) is 7.96. The molecule has 1 N–H and O–H groups in total. The maximum Gasteiger partial charge on any atom is 0.301 e. The molecular formula is C28H22N4O4. The van der Waals surface area contributed by atoms with Gasteiger partial charge in [0.05, 0.1) is 15.8 Å². The molecule has 0 aliphatic heterocycles. The van der Waals surface area contributed by atoms with Gasteiger partial charge in [0.1, 0.15) is 24.6 Å². The highest BCUT2D eigenvalue weighted by Gasteiger charge is 2.21.